The number of anilines is 2. The maximum atomic E-state index is 12.0. The minimum absolute atomic E-state index is 0.318. The summed E-state index contributed by atoms with van der Waals surface area (Å²) in [6, 6.07) is 19.0. The molecule has 0 aliphatic carbocycles. The van der Waals surface area contributed by atoms with Crippen LogP contribution >= 0.6 is 0 Å². The zero-order valence-electron chi connectivity index (χ0n) is 13.2. The molecule has 0 heterocycles. The highest BCUT2D eigenvalue weighted by Crippen LogP contribution is 2.19. The molecule has 0 bridgehead atoms. The van der Waals surface area contributed by atoms with Crippen molar-refractivity contribution in [1.82, 2.24) is 0 Å². The highest BCUT2D eigenvalue weighted by molar-refractivity contribution is 6.43. The number of primary amides is 1. The molecule has 6 nitrogen and oxygen atoms in total. The van der Waals surface area contributed by atoms with Crippen molar-refractivity contribution in [3.8, 4) is 0 Å². The molecule has 0 spiro atoms. The average Bonchev–Trinajstić information content (AvgIpc) is 2.62. The summed E-state index contributed by atoms with van der Waals surface area (Å²) < 4.78 is 0. The van der Waals surface area contributed by atoms with E-state index in [0.29, 0.717) is 16.9 Å². The van der Waals surface area contributed by atoms with E-state index < -0.39 is 17.7 Å². The Bertz CT molecular complexity index is 965. The third kappa shape index (κ3) is 3.81. The predicted molar refractivity (Wildman–Crippen MR) is 96.2 cm³/mol. The van der Waals surface area contributed by atoms with Gasteiger partial charge in [-0.15, -0.1) is 0 Å². The van der Waals surface area contributed by atoms with Crippen molar-refractivity contribution in [3.63, 3.8) is 0 Å². The quantitative estimate of drug-likeness (QED) is 0.642. The highest BCUT2D eigenvalue weighted by atomic mass is 16.2. The molecule has 3 aromatic rings. The first-order chi connectivity index (χ1) is 12.0. The standard InChI is InChI=1S/C19H15N3O3/c20-17(23)13-6-8-15(9-7-13)21-18(24)19(25)22-16-10-5-12-3-1-2-4-14(12)11-16/h1-11H,(H2,20,23)(H,21,24)(H,22,25). The number of fused-ring (bicyclic) bond motifs is 1. The summed E-state index contributed by atoms with van der Waals surface area (Å²) in [5, 5.41) is 7.02. The van der Waals surface area contributed by atoms with Crippen LogP contribution in [0.15, 0.2) is 66.7 Å². The SMILES string of the molecule is NC(=O)c1ccc(NC(=O)C(=O)Nc2ccc3ccccc3c2)cc1. The van der Waals surface area contributed by atoms with Gasteiger partial charge in [-0.2, -0.15) is 0 Å². The molecule has 0 atom stereocenters. The summed E-state index contributed by atoms with van der Waals surface area (Å²) in [6.45, 7) is 0. The molecular weight excluding hydrogens is 318 g/mol. The molecule has 0 saturated carbocycles. The van der Waals surface area contributed by atoms with E-state index in [4.69, 9.17) is 5.73 Å². The fourth-order valence-electron chi connectivity index (χ4n) is 2.36. The zero-order valence-corrected chi connectivity index (χ0v) is 13.2. The lowest BCUT2D eigenvalue weighted by Crippen LogP contribution is -2.29. The molecule has 0 radical (unpaired) electrons. The molecular formula is C19H15N3O3. The largest absolute Gasteiger partial charge is 0.366 e. The Labute approximate surface area is 143 Å². The van der Waals surface area contributed by atoms with Crippen molar-refractivity contribution in [2.24, 2.45) is 5.73 Å². The smallest absolute Gasteiger partial charge is 0.314 e. The molecule has 0 aliphatic heterocycles. The first-order valence-electron chi connectivity index (χ1n) is 7.54. The number of carbonyl (C=O) groups is 3. The Balaban J connectivity index is 1.67. The maximum absolute atomic E-state index is 12.0. The number of nitrogens with one attached hydrogen (secondary N) is 2. The van der Waals surface area contributed by atoms with Gasteiger partial charge in [0.15, 0.2) is 0 Å². The van der Waals surface area contributed by atoms with Crippen molar-refractivity contribution < 1.29 is 14.4 Å². The van der Waals surface area contributed by atoms with Gasteiger partial charge in [-0.05, 0) is 47.2 Å². The number of benzene rings is 3. The van der Waals surface area contributed by atoms with Crippen LogP contribution in [0.1, 0.15) is 10.4 Å². The van der Waals surface area contributed by atoms with Crippen LogP contribution in [-0.2, 0) is 9.59 Å². The van der Waals surface area contributed by atoms with Gasteiger partial charge in [-0.3, -0.25) is 14.4 Å². The summed E-state index contributed by atoms with van der Waals surface area (Å²) in [7, 11) is 0. The summed E-state index contributed by atoms with van der Waals surface area (Å²) >= 11 is 0. The third-order valence-corrected chi connectivity index (χ3v) is 3.64. The van der Waals surface area contributed by atoms with Crippen molar-refractivity contribution >= 4 is 39.9 Å². The van der Waals surface area contributed by atoms with Crippen molar-refractivity contribution in [2.75, 3.05) is 10.6 Å². The van der Waals surface area contributed by atoms with E-state index in [0.717, 1.165) is 10.8 Å². The second-order valence-corrected chi connectivity index (χ2v) is 5.41. The van der Waals surface area contributed by atoms with Gasteiger partial charge < -0.3 is 16.4 Å². The molecule has 6 heteroatoms. The van der Waals surface area contributed by atoms with E-state index in [2.05, 4.69) is 10.6 Å². The van der Waals surface area contributed by atoms with Crippen LogP contribution in [0.3, 0.4) is 0 Å². The van der Waals surface area contributed by atoms with Gasteiger partial charge in [-0.25, -0.2) is 0 Å². The molecule has 0 aromatic heterocycles. The Kier molecular flexibility index (Phi) is 4.43. The summed E-state index contributed by atoms with van der Waals surface area (Å²) in [4.78, 5) is 35.0. The van der Waals surface area contributed by atoms with E-state index in [1.165, 1.54) is 24.3 Å². The molecule has 4 N–H and O–H groups in total. The van der Waals surface area contributed by atoms with E-state index in [1.54, 1.807) is 12.1 Å². The number of nitrogens with two attached hydrogens (primary N) is 1. The summed E-state index contributed by atoms with van der Waals surface area (Å²) in [5.41, 5.74) is 6.39. The van der Waals surface area contributed by atoms with Crippen molar-refractivity contribution in [2.45, 2.75) is 0 Å². The normalized spacial score (nSPS) is 10.2. The number of hydrogen-bond donors (Lipinski definition) is 3. The highest BCUT2D eigenvalue weighted by Gasteiger charge is 2.14. The first-order valence-corrected chi connectivity index (χ1v) is 7.54. The second-order valence-electron chi connectivity index (χ2n) is 5.41. The Morgan fingerprint density at radius 3 is 1.88 bits per heavy atom. The maximum Gasteiger partial charge on any atom is 0.314 e. The fourth-order valence-corrected chi connectivity index (χ4v) is 2.36. The first kappa shape index (κ1) is 16.2. The molecule has 0 fully saturated rings. The van der Waals surface area contributed by atoms with Crippen LogP contribution in [-0.4, -0.2) is 17.7 Å². The molecule has 124 valence electrons. The van der Waals surface area contributed by atoms with Crippen LogP contribution in [0.4, 0.5) is 11.4 Å². The van der Waals surface area contributed by atoms with Gasteiger partial charge >= 0.3 is 11.8 Å². The molecule has 3 aromatic carbocycles. The second kappa shape index (κ2) is 6.84. The van der Waals surface area contributed by atoms with Crippen molar-refractivity contribution in [3.05, 3.63) is 72.3 Å². The van der Waals surface area contributed by atoms with Crippen LogP contribution in [0, 0.1) is 0 Å². The van der Waals surface area contributed by atoms with E-state index in [-0.39, 0.29) is 0 Å². The van der Waals surface area contributed by atoms with Gasteiger partial charge in [0.05, 0.1) is 0 Å². The molecule has 3 amide bonds. The van der Waals surface area contributed by atoms with Gasteiger partial charge in [0.25, 0.3) is 0 Å². The van der Waals surface area contributed by atoms with Gasteiger partial charge in [0.1, 0.15) is 0 Å². The predicted octanol–water partition coefficient (Wildman–Crippen LogP) is 2.52. The Morgan fingerprint density at radius 2 is 1.24 bits per heavy atom. The fraction of sp³-hybridized carbons (Fsp3) is 0. The van der Waals surface area contributed by atoms with E-state index in [9.17, 15) is 14.4 Å². The molecule has 0 aliphatic rings. The lowest BCUT2D eigenvalue weighted by molar-refractivity contribution is -0.132. The lowest BCUT2D eigenvalue weighted by Gasteiger charge is -2.08. The van der Waals surface area contributed by atoms with Gasteiger partial charge in [0.2, 0.25) is 5.91 Å². The number of carbonyl (C=O) groups excluding carboxylic acids is 3. The van der Waals surface area contributed by atoms with Crippen LogP contribution < -0.4 is 16.4 Å². The molecule has 25 heavy (non-hydrogen) atoms. The van der Waals surface area contributed by atoms with Crippen LogP contribution in [0.25, 0.3) is 10.8 Å². The number of amides is 3. The van der Waals surface area contributed by atoms with Gasteiger partial charge in [-0.1, -0.05) is 30.3 Å². The number of rotatable bonds is 3. The lowest BCUT2D eigenvalue weighted by atomic mass is 10.1. The molecule has 3 rings (SSSR count). The zero-order chi connectivity index (χ0) is 17.8. The molecule has 0 unspecified atom stereocenters. The third-order valence-electron chi connectivity index (χ3n) is 3.64. The molecule has 0 saturated heterocycles. The Hall–Kier alpha value is -3.67. The summed E-state index contributed by atoms with van der Waals surface area (Å²) in [5.74, 6) is -2.15. The minimum atomic E-state index is -0.806. The minimum Gasteiger partial charge on any atom is -0.366 e. The van der Waals surface area contributed by atoms with Crippen LogP contribution in [0.2, 0.25) is 0 Å². The van der Waals surface area contributed by atoms with Gasteiger partial charge in [0, 0.05) is 16.9 Å². The Morgan fingerprint density at radius 1 is 0.680 bits per heavy atom. The number of hydrogen-bond acceptors (Lipinski definition) is 3. The van der Waals surface area contributed by atoms with Crippen molar-refractivity contribution in [1.29, 1.82) is 0 Å². The average molecular weight is 333 g/mol. The van der Waals surface area contributed by atoms with Crippen LogP contribution in [0.5, 0.6) is 0 Å². The van der Waals surface area contributed by atoms with E-state index >= 15 is 0 Å². The monoisotopic (exact) mass is 333 g/mol. The van der Waals surface area contributed by atoms with E-state index in [1.807, 2.05) is 30.3 Å². The topological polar surface area (TPSA) is 101 Å². The summed E-state index contributed by atoms with van der Waals surface area (Å²) in [6.07, 6.45) is 0.